The minimum Gasteiger partial charge on any atom is -0.479 e. The van der Waals surface area contributed by atoms with Gasteiger partial charge in [0.1, 0.15) is 5.75 Å². The lowest BCUT2D eigenvalue weighted by atomic mass is 10.1. The number of nitrogens with zero attached hydrogens (tertiary/aromatic N) is 1. The Bertz CT molecular complexity index is 978. The SMILES string of the molecule is Cc1c(C=O)c2ccccc2n1C(=O)C(C)Oc1ccc(Cl)cc1Cl. The zero-order chi connectivity index (χ0) is 18.1. The van der Waals surface area contributed by atoms with Crippen LogP contribution in [0.15, 0.2) is 42.5 Å². The van der Waals surface area contributed by atoms with Crippen LogP contribution in [0.3, 0.4) is 0 Å². The summed E-state index contributed by atoms with van der Waals surface area (Å²) in [6.07, 6.45) is -0.0315. The predicted molar refractivity (Wildman–Crippen MR) is 99.2 cm³/mol. The second kappa shape index (κ2) is 6.90. The van der Waals surface area contributed by atoms with Crippen molar-refractivity contribution in [3.63, 3.8) is 0 Å². The first-order valence-electron chi connectivity index (χ1n) is 7.65. The van der Waals surface area contributed by atoms with Crippen molar-refractivity contribution in [2.45, 2.75) is 20.0 Å². The Labute approximate surface area is 154 Å². The van der Waals surface area contributed by atoms with Crippen LogP contribution in [0.1, 0.15) is 27.8 Å². The first-order chi connectivity index (χ1) is 11.9. The molecule has 0 aliphatic carbocycles. The van der Waals surface area contributed by atoms with Crippen molar-refractivity contribution < 1.29 is 14.3 Å². The molecule has 0 N–H and O–H groups in total. The van der Waals surface area contributed by atoms with Crippen LogP contribution >= 0.6 is 23.2 Å². The third-order valence-electron chi connectivity index (χ3n) is 4.04. The summed E-state index contributed by atoms with van der Waals surface area (Å²) in [5.41, 5.74) is 1.75. The second-order valence-electron chi connectivity index (χ2n) is 5.64. The van der Waals surface area contributed by atoms with Gasteiger partial charge in [-0.2, -0.15) is 0 Å². The number of fused-ring (bicyclic) bond motifs is 1. The van der Waals surface area contributed by atoms with E-state index in [2.05, 4.69) is 0 Å². The Kier molecular flexibility index (Phi) is 4.84. The Balaban J connectivity index is 1.99. The van der Waals surface area contributed by atoms with Gasteiger partial charge < -0.3 is 4.74 Å². The number of rotatable bonds is 4. The molecule has 3 aromatic rings. The zero-order valence-corrected chi connectivity index (χ0v) is 15.1. The van der Waals surface area contributed by atoms with E-state index < -0.39 is 6.10 Å². The highest BCUT2D eigenvalue weighted by molar-refractivity contribution is 6.35. The van der Waals surface area contributed by atoms with Gasteiger partial charge in [-0.3, -0.25) is 14.2 Å². The molecule has 4 nitrogen and oxygen atoms in total. The van der Waals surface area contributed by atoms with Crippen molar-refractivity contribution in [1.82, 2.24) is 4.57 Å². The number of hydrogen-bond acceptors (Lipinski definition) is 3. The van der Waals surface area contributed by atoms with Gasteiger partial charge in [0, 0.05) is 21.7 Å². The molecule has 0 bridgehead atoms. The van der Waals surface area contributed by atoms with Gasteiger partial charge in [0.15, 0.2) is 12.4 Å². The number of aldehydes is 1. The zero-order valence-electron chi connectivity index (χ0n) is 13.6. The maximum atomic E-state index is 12.9. The largest absolute Gasteiger partial charge is 0.479 e. The summed E-state index contributed by atoms with van der Waals surface area (Å²) in [4.78, 5) is 24.4. The van der Waals surface area contributed by atoms with E-state index in [1.807, 2.05) is 18.2 Å². The van der Waals surface area contributed by atoms with Gasteiger partial charge in [-0.05, 0) is 38.1 Å². The molecule has 3 rings (SSSR count). The van der Waals surface area contributed by atoms with Crippen LogP contribution < -0.4 is 4.74 Å². The van der Waals surface area contributed by atoms with Gasteiger partial charge in [-0.1, -0.05) is 41.4 Å². The van der Waals surface area contributed by atoms with Crippen molar-refractivity contribution in [3.8, 4) is 5.75 Å². The molecule has 0 aliphatic rings. The number of para-hydroxylation sites is 1. The summed E-state index contributed by atoms with van der Waals surface area (Å²) >= 11 is 12.0. The second-order valence-corrected chi connectivity index (χ2v) is 6.49. The lowest BCUT2D eigenvalue weighted by Gasteiger charge is -2.17. The van der Waals surface area contributed by atoms with Crippen LogP contribution in [0.2, 0.25) is 10.0 Å². The van der Waals surface area contributed by atoms with Gasteiger partial charge >= 0.3 is 0 Å². The maximum Gasteiger partial charge on any atom is 0.272 e. The highest BCUT2D eigenvalue weighted by atomic mass is 35.5. The summed E-state index contributed by atoms with van der Waals surface area (Å²) in [7, 11) is 0. The average molecular weight is 376 g/mol. The lowest BCUT2D eigenvalue weighted by molar-refractivity contribution is 0.0731. The van der Waals surface area contributed by atoms with Crippen LogP contribution in [0.5, 0.6) is 5.75 Å². The van der Waals surface area contributed by atoms with Gasteiger partial charge in [-0.25, -0.2) is 0 Å². The topological polar surface area (TPSA) is 48.3 Å². The van der Waals surface area contributed by atoms with Crippen LogP contribution in [-0.2, 0) is 0 Å². The number of carbonyl (C=O) groups is 2. The Hall–Kier alpha value is -2.30. The number of aromatic nitrogens is 1. The van der Waals surface area contributed by atoms with Crippen LogP contribution in [0.25, 0.3) is 10.9 Å². The molecule has 0 fully saturated rings. The molecule has 1 atom stereocenters. The molecule has 0 saturated heterocycles. The molecule has 6 heteroatoms. The third kappa shape index (κ3) is 3.15. The van der Waals surface area contributed by atoms with E-state index in [9.17, 15) is 9.59 Å². The Morgan fingerprint density at radius 1 is 1.20 bits per heavy atom. The molecule has 25 heavy (non-hydrogen) atoms. The normalized spacial score (nSPS) is 12.2. The molecular weight excluding hydrogens is 361 g/mol. The van der Waals surface area contributed by atoms with E-state index in [0.717, 1.165) is 11.7 Å². The monoisotopic (exact) mass is 375 g/mol. The van der Waals surface area contributed by atoms with E-state index in [0.29, 0.717) is 32.6 Å². The van der Waals surface area contributed by atoms with Crippen molar-refractivity contribution in [1.29, 1.82) is 0 Å². The van der Waals surface area contributed by atoms with Gasteiger partial charge in [-0.15, -0.1) is 0 Å². The van der Waals surface area contributed by atoms with Gasteiger partial charge in [0.25, 0.3) is 5.91 Å². The van der Waals surface area contributed by atoms with Crippen molar-refractivity contribution in [2.75, 3.05) is 0 Å². The number of benzene rings is 2. The van der Waals surface area contributed by atoms with E-state index in [1.54, 1.807) is 38.1 Å². The molecule has 1 unspecified atom stereocenters. The molecular formula is C19H15Cl2NO3. The molecule has 0 saturated carbocycles. The Morgan fingerprint density at radius 2 is 1.92 bits per heavy atom. The molecule has 0 radical (unpaired) electrons. The summed E-state index contributed by atoms with van der Waals surface area (Å²) < 4.78 is 7.22. The quantitative estimate of drug-likeness (QED) is 0.590. The fourth-order valence-corrected chi connectivity index (χ4v) is 3.27. The number of hydrogen-bond donors (Lipinski definition) is 0. The van der Waals surface area contributed by atoms with Crippen LogP contribution in [0, 0.1) is 6.92 Å². The summed E-state index contributed by atoms with van der Waals surface area (Å²) in [6.45, 7) is 3.38. The standard InChI is InChI=1S/C19H15Cl2NO3/c1-11-15(10-23)14-5-3-4-6-17(14)22(11)19(24)12(2)25-18-8-7-13(20)9-16(18)21/h3-10,12H,1-2H3. The molecule has 0 aliphatic heterocycles. The van der Waals surface area contributed by atoms with E-state index in [1.165, 1.54) is 4.57 Å². The van der Waals surface area contributed by atoms with Crippen LogP contribution in [0.4, 0.5) is 0 Å². The molecule has 2 aromatic carbocycles. The molecule has 0 spiro atoms. The molecule has 0 amide bonds. The molecule has 1 heterocycles. The predicted octanol–water partition coefficient (Wildman–Crippen LogP) is 5.18. The van der Waals surface area contributed by atoms with Crippen LogP contribution in [-0.4, -0.2) is 22.9 Å². The number of carbonyl (C=O) groups excluding carboxylic acids is 2. The third-order valence-corrected chi connectivity index (χ3v) is 4.57. The van der Waals surface area contributed by atoms with E-state index in [-0.39, 0.29) is 5.91 Å². The highest BCUT2D eigenvalue weighted by Crippen LogP contribution is 2.29. The van der Waals surface area contributed by atoms with Crippen molar-refractivity contribution >= 4 is 46.3 Å². The first-order valence-corrected chi connectivity index (χ1v) is 8.40. The fourth-order valence-electron chi connectivity index (χ4n) is 2.82. The molecule has 1 aromatic heterocycles. The maximum absolute atomic E-state index is 12.9. The lowest BCUT2D eigenvalue weighted by Crippen LogP contribution is -2.30. The van der Waals surface area contributed by atoms with Gasteiger partial charge in [0.05, 0.1) is 10.5 Å². The van der Waals surface area contributed by atoms with E-state index >= 15 is 0 Å². The minimum absolute atomic E-state index is 0.284. The average Bonchev–Trinajstić information content (AvgIpc) is 2.87. The van der Waals surface area contributed by atoms with Crippen molar-refractivity contribution in [3.05, 3.63) is 63.8 Å². The Morgan fingerprint density at radius 3 is 2.60 bits per heavy atom. The minimum atomic E-state index is -0.798. The first kappa shape index (κ1) is 17.5. The highest BCUT2D eigenvalue weighted by Gasteiger charge is 2.24. The van der Waals surface area contributed by atoms with Gasteiger partial charge in [0.2, 0.25) is 0 Å². The van der Waals surface area contributed by atoms with E-state index in [4.69, 9.17) is 27.9 Å². The summed E-state index contributed by atoms with van der Waals surface area (Å²) in [5.74, 6) is 0.0875. The smallest absolute Gasteiger partial charge is 0.272 e. The number of halogens is 2. The fraction of sp³-hybridized carbons (Fsp3) is 0.158. The summed E-state index contributed by atoms with van der Waals surface area (Å²) in [5, 5.41) is 1.55. The summed E-state index contributed by atoms with van der Waals surface area (Å²) in [6, 6.07) is 12.1. The van der Waals surface area contributed by atoms with Crippen molar-refractivity contribution in [2.24, 2.45) is 0 Å². The molecule has 128 valence electrons. The number of ether oxygens (including phenoxy) is 1.